The zero-order chi connectivity index (χ0) is 19.8. The van der Waals surface area contributed by atoms with Crippen molar-refractivity contribution in [1.82, 2.24) is 24.8 Å². The quantitative estimate of drug-likeness (QED) is 0.552. The van der Waals surface area contributed by atoms with E-state index in [0.29, 0.717) is 11.4 Å². The van der Waals surface area contributed by atoms with Crippen molar-refractivity contribution >= 4 is 22.4 Å². The number of rotatable bonds is 5. The highest BCUT2D eigenvalue weighted by Gasteiger charge is 2.17. The van der Waals surface area contributed by atoms with Crippen molar-refractivity contribution in [3.05, 3.63) is 36.8 Å². The lowest BCUT2D eigenvalue weighted by atomic mass is 10.1. The van der Waals surface area contributed by atoms with E-state index in [0.717, 1.165) is 40.9 Å². The molecule has 0 aliphatic carbocycles. The van der Waals surface area contributed by atoms with E-state index in [1.54, 1.807) is 23.0 Å². The molecule has 4 aromatic rings. The Kier molecular flexibility index (Phi) is 4.49. The molecule has 0 aromatic carbocycles. The molecule has 0 unspecified atom stereocenters. The molecule has 1 fully saturated rings. The highest BCUT2D eigenvalue weighted by Crippen LogP contribution is 2.33. The first-order valence-electron chi connectivity index (χ1n) is 9.67. The van der Waals surface area contributed by atoms with Crippen molar-refractivity contribution in [2.24, 2.45) is 0 Å². The number of fused-ring (bicyclic) bond motifs is 3. The highest BCUT2D eigenvalue weighted by molar-refractivity contribution is 6.00. The van der Waals surface area contributed by atoms with E-state index in [1.807, 2.05) is 18.3 Å². The van der Waals surface area contributed by atoms with Crippen LogP contribution in [0.2, 0.25) is 0 Å². The lowest BCUT2D eigenvalue weighted by Gasteiger charge is -2.27. The molecule has 150 valence electrons. The second-order valence-electron chi connectivity index (χ2n) is 7.17. The molecule has 0 amide bonds. The number of piperidine rings is 1. The van der Waals surface area contributed by atoms with E-state index in [9.17, 15) is 8.78 Å². The van der Waals surface area contributed by atoms with Crippen LogP contribution in [0.25, 0.3) is 27.7 Å². The minimum atomic E-state index is -2.55. The van der Waals surface area contributed by atoms with Crippen LogP contribution in [-0.2, 0) is 0 Å². The molecule has 1 aliphatic rings. The smallest absolute Gasteiger partial charge is 0.272 e. The second kappa shape index (κ2) is 7.31. The van der Waals surface area contributed by atoms with Crippen LogP contribution in [0.5, 0.6) is 5.75 Å². The van der Waals surface area contributed by atoms with Gasteiger partial charge in [-0.05, 0) is 37.5 Å². The van der Waals surface area contributed by atoms with E-state index in [4.69, 9.17) is 4.74 Å². The number of nitrogens with zero attached hydrogens (tertiary/aromatic N) is 5. The molecule has 0 atom stereocenters. The third-order valence-electron chi connectivity index (χ3n) is 5.22. The molecular formula is C20H20F2N6O. The van der Waals surface area contributed by atoms with Crippen molar-refractivity contribution in [3.8, 4) is 16.9 Å². The topological polar surface area (TPSA) is 71.3 Å². The van der Waals surface area contributed by atoms with E-state index >= 15 is 0 Å². The van der Waals surface area contributed by atoms with E-state index in [2.05, 4.69) is 25.2 Å². The number of ether oxygens (including phenoxy) is 1. The number of pyridine rings is 2. The van der Waals surface area contributed by atoms with Crippen molar-refractivity contribution in [2.75, 3.05) is 24.6 Å². The molecule has 0 bridgehead atoms. The van der Waals surface area contributed by atoms with Gasteiger partial charge in [0.15, 0.2) is 5.65 Å². The van der Waals surface area contributed by atoms with Crippen LogP contribution in [0.15, 0.2) is 36.8 Å². The Labute approximate surface area is 165 Å². The standard InChI is InChI=1S/C20H20F2N6O/c21-17(22)12-29-14-8-15(19-16-10-24-25-20(16)26-28(19)11-14)13-4-5-18(23-9-13)27-6-2-1-3-7-27/h4-5,8-11,17H,1-3,6-7,12H2,(H,25,26). The summed E-state index contributed by atoms with van der Waals surface area (Å²) in [5.74, 6) is 1.28. The predicted octanol–water partition coefficient (Wildman–Crippen LogP) is 3.91. The molecule has 4 aromatic heterocycles. The maximum absolute atomic E-state index is 12.6. The Morgan fingerprint density at radius 1 is 1.14 bits per heavy atom. The third-order valence-corrected chi connectivity index (χ3v) is 5.22. The van der Waals surface area contributed by atoms with Crippen molar-refractivity contribution < 1.29 is 13.5 Å². The average molecular weight is 398 g/mol. The fourth-order valence-electron chi connectivity index (χ4n) is 3.85. The number of H-pyrrole nitrogens is 1. The third kappa shape index (κ3) is 3.37. The Morgan fingerprint density at radius 3 is 2.76 bits per heavy atom. The summed E-state index contributed by atoms with van der Waals surface area (Å²) < 4.78 is 32.1. The number of aromatic amines is 1. The maximum Gasteiger partial charge on any atom is 0.272 e. The number of anilines is 1. The number of hydrogen-bond donors (Lipinski definition) is 1. The van der Waals surface area contributed by atoms with Gasteiger partial charge in [-0.25, -0.2) is 18.3 Å². The molecule has 0 saturated carbocycles. The highest BCUT2D eigenvalue weighted by atomic mass is 19.3. The molecule has 0 radical (unpaired) electrons. The van der Waals surface area contributed by atoms with Crippen LogP contribution in [0, 0.1) is 0 Å². The fraction of sp³-hybridized carbons (Fsp3) is 0.350. The lowest BCUT2D eigenvalue weighted by molar-refractivity contribution is 0.0816. The summed E-state index contributed by atoms with van der Waals surface area (Å²) in [7, 11) is 0. The Balaban J connectivity index is 1.58. The summed E-state index contributed by atoms with van der Waals surface area (Å²) in [5.41, 5.74) is 3.11. The summed E-state index contributed by atoms with van der Waals surface area (Å²) in [6.07, 6.45) is 6.20. The largest absolute Gasteiger partial charge is 0.486 e. The number of nitrogens with one attached hydrogen (secondary N) is 1. The molecule has 29 heavy (non-hydrogen) atoms. The van der Waals surface area contributed by atoms with Crippen LogP contribution in [0.4, 0.5) is 14.6 Å². The van der Waals surface area contributed by atoms with E-state index in [1.165, 1.54) is 19.3 Å². The summed E-state index contributed by atoms with van der Waals surface area (Å²) in [6.45, 7) is 1.37. The Hall–Kier alpha value is -3.23. The number of alkyl halides is 2. The van der Waals surface area contributed by atoms with Gasteiger partial charge in [-0.3, -0.25) is 5.10 Å². The first kappa shape index (κ1) is 17.8. The molecule has 1 N–H and O–H groups in total. The fourth-order valence-corrected chi connectivity index (χ4v) is 3.85. The summed E-state index contributed by atoms with van der Waals surface area (Å²) in [4.78, 5) is 6.94. The van der Waals surface area contributed by atoms with Gasteiger partial charge in [0.2, 0.25) is 0 Å². The van der Waals surface area contributed by atoms with E-state index < -0.39 is 13.0 Å². The Morgan fingerprint density at radius 2 is 2.00 bits per heavy atom. The number of hydrogen-bond acceptors (Lipinski definition) is 5. The normalized spacial score (nSPS) is 14.9. The lowest BCUT2D eigenvalue weighted by Crippen LogP contribution is -2.29. The molecule has 9 heteroatoms. The first-order chi connectivity index (χ1) is 14.2. The molecule has 7 nitrogen and oxygen atoms in total. The molecule has 1 saturated heterocycles. The van der Waals surface area contributed by atoms with Gasteiger partial charge in [0, 0.05) is 30.4 Å². The van der Waals surface area contributed by atoms with Gasteiger partial charge in [-0.15, -0.1) is 5.10 Å². The van der Waals surface area contributed by atoms with Gasteiger partial charge >= 0.3 is 0 Å². The van der Waals surface area contributed by atoms with Gasteiger partial charge in [0.25, 0.3) is 6.43 Å². The number of aromatic nitrogens is 5. The number of halogens is 2. The minimum absolute atomic E-state index is 0.325. The first-order valence-corrected chi connectivity index (χ1v) is 9.67. The van der Waals surface area contributed by atoms with Gasteiger partial charge < -0.3 is 9.64 Å². The molecule has 1 aliphatic heterocycles. The molecular weight excluding hydrogens is 378 g/mol. The summed E-state index contributed by atoms with van der Waals surface area (Å²) in [6, 6.07) is 5.76. The second-order valence-corrected chi connectivity index (χ2v) is 7.17. The van der Waals surface area contributed by atoms with Crippen molar-refractivity contribution in [2.45, 2.75) is 25.7 Å². The van der Waals surface area contributed by atoms with Crippen LogP contribution in [-0.4, -0.2) is 50.9 Å². The molecule has 5 rings (SSSR count). The monoisotopic (exact) mass is 398 g/mol. The van der Waals surface area contributed by atoms with Gasteiger partial charge in [-0.2, -0.15) is 5.10 Å². The van der Waals surface area contributed by atoms with Gasteiger partial charge in [0.1, 0.15) is 18.2 Å². The maximum atomic E-state index is 12.6. The molecule has 0 spiro atoms. The van der Waals surface area contributed by atoms with E-state index in [-0.39, 0.29) is 0 Å². The summed E-state index contributed by atoms with van der Waals surface area (Å²) >= 11 is 0. The SMILES string of the molecule is FC(F)COc1cc(-c2ccc(N3CCCCC3)nc2)c2c3cn[nH]c3nn2c1. The predicted molar refractivity (Wildman–Crippen MR) is 106 cm³/mol. The zero-order valence-corrected chi connectivity index (χ0v) is 15.7. The van der Waals surface area contributed by atoms with Gasteiger partial charge in [0.05, 0.1) is 23.3 Å². The van der Waals surface area contributed by atoms with Gasteiger partial charge in [-0.1, -0.05) is 0 Å². The van der Waals surface area contributed by atoms with Crippen LogP contribution in [0.3, 0.4) is 0 Å². The zero-order valence-electron chi connectivity index (χ0n) is 15.7. The molecule has 5 heterocycles. The summed E-state index contributed by atoms with van der Waals surface area (Å²) in [5, 5.41) is 12.2. The van der Waals surface area contributed by atoms with Crippen LogP contribution < -0.4 is 9.64 Å². The average Bonchev–Trinajstić information content (AvgIpc) is 3.33. The van der Waals surface area contributed by atoms with Crippen LogP contribution >= 0.6 is 0 Å². The Bertz CT molecular complexity index is 1130. The van der Waals surface area contributed by atoms with Crippen molar-refractivity contribution in [1.29, 1.82) is 0 Å². The van der Waals surface area contributed by atoms with Crippen molar-refractivity contribution in [3.63, 3.8) is 0 Å². The minimum Gasteiger partial charge on any atom is -0.486 e. The van der Waals surface area contributed by atoms with Crippen LogP contribution in [0.1, 0.15) is 19.3 Å².